The fourth-order valence-electron chi connectivity index (χ4n) is 3.19. The van der Waals surface area contributed by atoms with E-state index in [1.165, 1.54) is 24.3 Å². The van der Waals surface area contributed by atoms with Crippen LogP contribution in [0.4, 0.5) is 0 Å². The van der Waals surface area contributed by atoms with Gasteiger partial charge in [-0.2, -0.15) is 0 Å². The SMILES string of the molecule is CO[C@@H]1CO[C@]2(CCCN(Cc3cccs3)C2)C1. The molecule has 0 amide bonds. The number of likely N-dealkylation sites (tertiary alicyclic amines) is 1. The van der Waals surface area contributed by atoms with Gasteiger partial charge in [-0.25, -0.2) is 0 Å². The lowest BCUT2D eigenvalue weighted by atomic mass is 9.89. The van der Waals surface area contributed by atoms with Crippen molar-refractivity contribution in [3.63, 3.8) is 0 Å². The van der Waals surface area contributed by atoms with Crippen LogP contribution in [0.1, 0.15) is 24.1 Å². The van der Waals surface area contributed by atoms with Gasteiger partial charge in [0.05, 0.1) is 18.3 Å². The molecule has 18 heavy (non-hydrogen) atoms. The number of rotatable bonds is 3. The lowest BCUT2D eigenvalue weighted by Crippen LogP contribution is -2.47. The molecule has 100 valence electrons. The number of hydrogen-bond donors (Lipinski definition) is 0. The molecule has 2 aliphatic heterocycles. The Hall–Kier alpha value is -0.420. The van der Waals surface area contributed by atoms with Gasteiger partial charge < -0.3 is 9.47 Å². The van der Waals surface area contributed by atoms with Crippen molar-refractivity contribution in [1.29, 1.82) is 0 Å². The Morgan fingerprint density at radius 1 is 1.61 bits per heavy atom. The highest BCUT2D eigenvalue weighted by atomic mass is 32.1. The smallest absolute Gasteiger partial charge is 0.0836 e. The first-order valence-electron chi connectivity index (χ1n) is 6.71. The van der Waals surface area contributed by atoms with Crippen LogP contribution < -0.4 is 0 Å². The lowest BCUT2D eigenvalue weighted by Gasteiger charge is -2.39. The third-order valence-corrected chi connectivity index (χ3v) is 4.95. The predicted molar refractivity (Wildman–Crippen MR) is 72.9 cm³/mol. The van der Waals surface area contributed by atoms with Crippen molar-refractivity contribution in [1.82, 2.24) is 4.90 Å². The molecular formula is C14H21NO2S. The molecule has 0 bridgehead atoms. The normalized spacial score (nSPS) is 33.3. The van der Waals surface area contributed by atoms with Crippen LogP contribution in [-0.2, 0) is 16.0 Å². The number of thiophene rings is 1. The second-order valence-corrected chi connectivity index (χ2v) is 6.48. The van der Waals surface area contributed by atoms with Crippen LogP contribution in [0.5, 0.6) is 0 Å². The van der Waals surface area contributed by atoms with E-state index in [0.717, 1.165) is 26.1 Å². The Labute approximate surface area is 113 Å². The molecule has 2 aliphatic rings. The summed E-state index contributed by atoms with van der Waals surface area (Å²) in [5.41, 5.74) is 0.0657. The van der Waals surface area contributed by atoms with E-state index in [2.05, 4.69) is 22.4 Å². The van der Waals surface area contributed by atoms with Crippen molar-refractivity contribution in [3.8, 4) is 0 Å². The highest BCUT2D eigenvalue weighted by Crippen LogP contribution is 2.36. The monoisotopic (exact) mass is 267 g/mol. The first kappa shape index (κ1) is 12.6. The summed E-state index contributed by atoms with van der Waals surface area (Å²) >= 11 is 1.85. The molecule has 0 radical (unpaired) electrons. The van der Waals surface area contributed by atoms with Crippen LogP contribution in [0.2, 0.25) is 0 Å². The summed E-state index contributed by atoms with van der Waals surface area (Å²) in [5.74, 6) is 0. The van der Waals surface area contributed by atoms with E-state index in [4.69, 9.17) is 9.47 Å². The van der Waals surface area contributed by atoms with Gasteiger partial charge in [-0.05, 0) is 30.8 Å². The Balaban J connectivity index is 1.62. The van der Waals surface area contributed by atoms with E-state index in [-0.39, 0.29) is 5.60 Å². The fraction of sp³-hybridized carbons (Fsp3) is 0.714. The zero-order valence-corrected chi connectivity index (χ0v) is 11.7. The second kappa shape index (κ2) is 5.29. The fourth-order valence-corrected chi connectivity index (χ4v) is 3.93. The highest BCUT2D eigenvalue weighted by Gasteiger charge is 2.43. The molecule has 3 rings (SSSR count). The van der Waals surface area contributed by atoms with Gasteiger partial charge in [0.1, 0.15) is 0 Å². The summed E-state index contributed by atoms with van der Waals surface area (Å²) in [6, 6.07) is 4.35. The van der Waals surface area contributed by atoms with Crippen molar-refractivity contribution < 1.29 is 9.47 Å². The lowest BCUT2D eigenvalue weighted by molar-refractivity contribution is -0.0540. The molecule has 4 heteroatoms. The maximum atomic E-state index is 6.07. The van der Waals surface area contributed by atoms with Crippen LogP contribution >= 0.6 is 11.3 Å². The average Bonchev–Trinajstić information content (AvgIpc) is 3.00. The third-order valence-electron chi connectivity index (χ3n) is 4.09. The molecule has 1 aromatic rings. The van der Waals surface area contributed by atoms with Crippen LogP contribution in [0.3, 0.4) is 0 Å². The minimum absolute atomic E-state index is 0.0657. The summed E-state index contributed by atoms with van der Waals surface area (Å²) in [5, 5.41) is 2.15. The van der Waals surface area contributed by atoms with Crippen molar-refractivity contribution in [3.05, 3.63) is 22.4 Å². The van der Waals surface area contributed by atoms with Crippen molar-refractivity contribution in [2.45, 2.75) is 37.5 Å². The molecule has 1 spiro atoms. The van der Waals surface area contributed by atoms with Gasteiger partial charge >= 0.3 is 0 Å². The summed E-state index contributed by atoms with van der Waals surface area (Å²) in [4.78, 5) is 3.99. The first-order valence-corrected chi connectivity index (χ1v) is 7.59. The summed E-state index contributed by atoms with van der Waals surface area (Å²) in [7, 11) is 1.79. The second-order valence-electron chi connectivity index (χ2n) is 5.45. The molecule has 2 atom stereocenters. The van der Waals surface area contributed by atoms with Crippen LogP contribution in [-0.4, -0.2) is 43.4 Å². The van der Waals surface area contributed by atoms with Gasteiger partial charge in [-0.15, -0.1) is 11.3 Å². The molecular weight excluding hydrogens is 246 g/mol. The van der Waals surface area contributed by atoms with E-state index in [0.29, 0.717) is 6.10 Å². The van der Waals surface area contributed by atoms with Crippen LogP contribution in [0.25, 0.3) is 0 Å². The average molecular weight is 267 g/mol. The minimum atomic E-state index is 0.0657. The molecule has 0 aromatic carbocycles. The summed E-state index contributed by atoms with van der Waals surface area (Å²) in [6.07, 6.45) is 3.78. The maximum absolute atomic E-state index is 6.07. The molecule has 1 aromatic heterocycles. The highest BCUT2D eigenvalue weighted by molar-refractivity contribution is 7.09. The summed E-state index contributed by atoms with van der Waals surface area (Å²) < 4.78 is 11.5. The predicted octanol–water partition coefficient (Wildman–Crippen LogP) is 2.52. The van der Waals surface area contributed by atoms with Crippen LogP contribution in [0.15, 0.2) is 17.5 Å². The first-order chi connectivity index (χ1) is 8.80. The number of methoxy groups -OCH3 is 1. The van der Waals surface area contributed by atoms with Gasteiger partial charge in [0.15, 0.2) is 0 Å². The maximum Gasteiger partial charge on any atom is 0.0836 e. The number of hydrogen-bond acceptors (Lipinski definition) is 4. The molecule has 0 saturated carbocycles. The third kappa shape index (κ3) is 2.62. The minimum Gasteiger partial charge on any atom is -0.379 e. The largest absolute Gasteiger partial charge is 0.379 e. The van der Waals surface area contributed by atoms with E-state index >= 15 is 0 Å². The van der Waals surface area contributed by atoms with E-state index < -0.39 is 0 Å². The topological polar surface area (TPSA) is 21.7 Å². The van der Waals surface area contributed by atoms with Gasteiger partial charge in [0, 0.05) is 31.5 Å². The summed E-state index contributed by atoms with van der Waals surface area (Å²) in [6.45, 7) is 4.09. The molecule has 0 unspecified atom stereocenters. The molecule has 0 aliphatic carbocycles. The Morgan fingerprint density at radius 2 is 2.56 bits per heavy atom. The number of ether oxygens (including phenoxy) is 2. The number of piperidine rings is 1. The van der Waals surface area contributed by atoms with Crippen LogP contribution in [0, 0.1) is 0 Å². The zero-order chi connectivity index (χ0) is 12.4. The molecule has 0 N–H and O–H groups in total. The van der Waals surface area contributed by atoms with E-state index in [9.17, 15) is 0 Å². The van der Waals surface area contributed by atoms with E-state index in [1.54, 1.807) is 7.11 Å². The Morgan fingerprint density at radius 3 is 3.28 bits per heavy atom. The molecule has 2 saturated heterocycles. The number of nitrogens with zero attached hydrogens (tertiary/aromatic N) is 1. The van der Waals surface area contributed by atoms with Gasteiger partial charge in [-0.1, -0.05) is 6.07 Å². The molecule has 3 nitrogen and oxygen atoms in total. The van der Waals surface area contributed by atoms with Gasteiger partial charge in [-0.3, -0.25) is 4.90 Å². The van der Waals surface area contributed by atoms with E-state index in [1.807, 2.05) is 11.3 Å². The van der Waals surface area contributed by atoms with Crippen molar-refractivity contribution in [2.75, 3.05) is 26.8 Å². The zero-order valence-electron chi connectivity index (χ0n) is 10.9. The van der Waals surface area contributed by atoms with Crippen molar-refractivity contribution >= 4 is 11.3 Å². The van der Waals surface area contributed by atoms with Gasteiger partial charge in [0.2, 0.25) is 0 Å². The quantitative estimate of drug-likeness (QED) is 0.840. The molecule has 3 heterocycles. The van der Waals surface area contributed by atoms with Gasteiger partial charge in [0.25, 0.3) is 0 Å². The Bertz CT molecular complexity index is 381. The standard InChI is InChI=1S/C14H21NO2S/c1-16-12-8-14(17-10-12)5-3-6-15(11-14)9-13-4-2-7-18-13/h2,4,7,12H,3,5-6,8-11H2,1H3/t12-,14+/m0/s1. The van der Waals surface area contributed by atoms with Crippen molar-refractivity contribution in [2.24, 2.45) is 0 Å². The molecule has 2 fully saturated rings. The Kier molecular flexibility index (Phi) is 3.71.